The minimum Gasteiger partial charge on any atom is -0.479 e. The van der Waals surface area contributed by atoms with Gasteiger partial charge in [-0.15, -0.1) is 0 Å². The van der Waals surface area contributed by atoms with Crippen molar-refractivity contribution < 1.29 is 31.5 Å². The second-order valence-corrected chi connectivity index (χ2v) is 12.0. The number of alkyl halides is 2. The topological polar surface area (TPSA) is 101 Å². The standard InChI is InChI=1S/C24H32F2N4O5S/c1-6-18(11-27-17(4)29-13-20(14-29)36(32,33)16(2)3)30-10-9-21(23(30)31)35-19-7-8-22(28-12-19)34-15-24(5,25)26/h6-8,11-12,16,20-21H,1,9-10,13-15H2,2-5H3/b18-11+,27-17?/t21-/m1/s1. The first-order valence-corrected chi connectivity index (χ1v) is 13.2. The largest absolute Gasteiger partial charge is 0.479 e. The molecule has 2 aliphatic heterocycles. The third-order valence-electron chi connectivity index (χ3n) is 5.95. The first kappa shape index (κ1) is 27.6. The van der Waals surface area contributed by atoms with Crippen LogP contribution in [-0.4, -0.2) is 83.7 Å². The number of nitrogens with zero attached hydrogens (tertiary/aromatic N) is 4. The van der Waals surface area contributed by atoms with Crippen LogP contribution in [0.5, 0.6) is 11.6 Å². The lowest BCUT2D eigenvalue weighted by Gasteiger charge is -2.40. The van der Waals surface area contributed by atoms with Gasteiger partial charge in [0, 0.05) is 39.0 Å². The van der Waals surface area contributed by atoms with Crippen LogP contribution in [0, 0.1) is 0 Å². The molecular weight excluding hydrogens is 494 g/mol. The fourth-order valence-corrected chi connectivity index (χ4v) is 5.22. The van der Waals surface area contributed by atoms with E-state index >= 15 is 0 Å². The van der Waals surface area contributed by atoms with Crippen LogP contribution in [0.2, 0.25) is 0 Å². The maximum absolute atomic E-state index is 12.9. The van der Waals surface area contributed by atoms with Gasteiger partial charge in [-0.25, -0.2) is 27.2 Å². The van der Waals surface area contributed by atoms with E-state index in [9.17, 15) is 22.0 Å². The summed E-state index contributed by atoms with van der Waals surface area (Å²) in [6, 6.07) is 2.90. The van der Waals surface area contributed by atoms with Crippen LogP contribution in [0.25, 0.3) is 0 Å². The van der Waals surface area contributed by atoms with E-state index in [1.165, 1.54) is 35.5 Å². The van der Waals surface area contributed by atoms with Crippen LogP contribution in [-0.2, 0) is 14.6 Å². The fraction of sp³-hybridized carbons (Fsp3) is 0.542. The van der Waals surface area contributed by atoms with Crippen molar-refractivity contribution in [2.75, 3.05) is 26.2 Å². The minimum atomic E-state index is -3.14. The number of ether oxygens (including phenoxy) is 2. The molecule has 0 unspecified atom stereocenters. The Morgan fingerprint density at radius 3 is 2.61 bits per heavy atom. The van der Waals surface area contributed by atoms with Crippen molar-refractivity contribution in [2.45, 2.75) is 56.6 Å². The number of aromatic nitrogens is 1. The molecule has 36 heavy (non-hydrogen) atoms. The molecule has 0 aromatic carbocycles. The summed E-state index contributed by atoms with van der Waals surface area (Å²) in [6.45, 7) is 10.1. The van der Waals surface area contributed by atoms with E-state index in [-0.39, 0.29) is 11.8 Å². The van der Waals surface area contributed by atoms with Crippen LogP contribution in [0.3, 0.4) is 0 Å². The van der Waals surface area contributed by atoms with Gasteiger partial charge in [-0.05, 0) is 32.9 Å². The van der Waals surface area contributed by atoms with Gasteiger partial charge in [0.2, 0.25) is 5.88 Å². The molecule has 9 nitrogen and oxygen atoms in total. The molecule has 2 saturated heterocycles. The summed E-state index contributed by atoms with van der Waals surface area (Å²) in [5.74, 6) is -2.25. The number of rotatable bonds is 10. The highest BCUT2D eigenvalue weighted by molar-refractivity contribution is 7.92. The number of carbonyl (C=O) groups is 1. The zero-order chi connectivity index (χ0) is 26.7. The summed E-state index contributed by atoms with van der Waals surface area (Å²) >= 11 is 0. The van der Waals surface area contributed by atoms with Gasteiger partial charge < -0.3 is 19.3 Å². The van der Waals surface area contributed by atoms with E-state index in [4.69, 9.17) is 9.47 Å². The number of halogens is 2. The number of pyridine rings is 1. The van der Waals surface area contributed by atoms with E-state index in [1.807, 2.05) is 4.90 Å². The molecule has 2 aliphatic rings. The minimum absolute atomic E-state index is 0.0312. The molecular formula is C24H32F2N4O5S. The molecule has 1 amide bonds. The molecule has 0 N–H and O–H groups in total. The van der Waals surface area contributed by atoms with Crippen molar-refractivity contribution in [3.05, 3.63) is 42.9 Å². The fourth-order valence-electron chi connectivity index (χ4n) is 3.68. The molecule has 0 radical (unpaired) electrons. The lowest BCUT2D eigenvalue weighted by molar-refractivity contribution is -0.131. The molecule has 12 heteroatoms. The van der Waals surface area contributed by atoms with Gasteiger partial charge in [-0.1, -0.05) is 6.58 Å². The summed E-state index contributed by atoms with van der Waals surface area (Å²) in [4.78, 5) is 24.7. The predicted octanol–water partition coefficient (Wildman–Crippen LogP) is 3.05. The Morgan fingerprint density at radius 2 is 2.06 bits per heavy atom. The van der Waals surface area contributed by atoms with Crippen LogP contribution in [0.1, 0.15) is 34.1 Å². The molecule has 0 spiro atoms. The smallest absolute Gasteiger partial charge is 0.278 e. The lowest BCUT2D eigenvalue weighted by atomic mass is 10.2. The third kappa shape index (κ3) is 6.59. The van der Waals surface area contributed by atoms with Gasteiger partial charge in [-0.2, -0.15) is 0 Å². The Morgan fingerprint density at radius 1 is 1.36 bits per heavy atom. The Hall–Kier alpha value is -3.02. The highest BCUT2D eigenvalue weighted by Crippen LogP contribution is 2.25. The van der Waals surface area contributed by atoms with Gasteiger partial charge in [0.1, 0.15) is 11.6 Å². The first-order valence-electron chi connectivity index (χ1n) is 11.6. The van der Waals surface area contributed by atoms with E-state index < -0.39 is 39.0 Å². The highest BCUT2D eigenvalue weighted by atomic mass is 32.2. The molecule has 2 fully saturated rings. The molecule has 198 valence electrons. The zero-order valence-electron chi connectivity index (χ0n) is 20.9. The molecule has 0 aliphatic carbocycles. The number of hydrogen-bond acceptors (Lipinski definition) is 7. The second kappa shape index (κ2) is 10.9. The van der Waals surface area contributed by atoms with Gasteiger partial charge >= 0.3 is 0 Å². The third-order valence-corrected chi connectivity index (χ3v) is 8.49. The first-order chi connectivity index (χ1) is 16.8. The van der Waals surface area contributed by atoms with Crippen molar-refractivity contribution >= 4 is 21.6 Å². The average molecular weight is 527 g/mol. The number of sulfone groups is 1. The van der Waals surface area contributed by atoms with Crippen molar-refractivity contribution in [2.24, 2.45) is 4.99 Å². The summed E-state index contributed by atoms with van der Waals surface area (Å²) in [5, 5.41) is -0.812. The summed E-state index contributed by atoms with van der Waals surface area (Å²) in [6.07, 6.45) is 4.05. The molecule has 0 saturated carbocycles. The Balaban J connectivity index is 1.57. The number of aliphatic imine (C=N–C) groups is 1. The maximum atomic E-state index is 12.9. The normalized spacial score (nSPS) is 20.1. The van der Waals surface area contributed by atoms with Gasteiger partial charge in [0.15, 0.2) is 22.5 Å². The van der Waals surface area contributed by atoms with Crippen molar-refractivity contribution in [1.82, 2.24) is 14.8 Å². The zero-order valence-corrected chi connectivity index (χ0v) is 21.7. The lowest BCUT2D eigenvalue weighted by Crippen LogP contribution is -2.57. The van der Waals surface area contributed by atoms with Crippen LogP contribution >= 0.6 is 0 Å². The van der Waals surface area contributed by atoms with E-state index in [0.717, 1.165) is 6.92 Å². The number of hydrogen-bond donors (Lipinski definition) is 0. The van der Waals surface area contributed by atoms with Crippen LogP contribution < -0.4 is 9.47 Å². The summed E-state index contributed by atoms with van der Waals surface area (Å²) in [7, 11) is -3.14. The van der Waals surface area contributed by atoms with Gasteiger partial charge in [0.25, 0.3) is 11.8 Å². The Kier molecular flexibility index (Phi) is 8.37. The molecule has 1 aromatic heterocycles. The number of carbonyl (C=O) groups excluding carboxylic acids is 1. The maximum Gasteiger partial charge on any atom is 0.278 e. The summed E-state index contributed by atoms with van der Waals surface area (Å²) in [5.41, 5.74) is 0.500. The molecule has 3 rings (SSSR count). The quantitative estimate of drug-likeness (QED) is 0.262. The predicted molar refractivity (Wildman–Crippen MR) is 132 cm³/mol. The SMILES string of the molecule is C=C/C(=C\N=C(C)N1CC(S(=O)(=O)C(C)C)C1)N1CC[C@@H](Oc2ccc(OCC(C)(F)F)nc2)C1=O. The Labute approximate surface area is 210 Å². The molecule has 1 atom stereocenters. The molecule has 0 bridgehead atoms. The number of allylic oxidation sites excluding steroid dienone is 1. The monoisotopic (exact) mass is 526 g/mol. The number of likely N-dealkylation sites (tertiary alicyclic amines) is 2. The van der Waals surface area contributed by atoms with Gasteiger partial charge in [0.05, 0.1) is 28.6 Å². The Bertz CT molecular complexity index is 1120. The van der Waals surface area contributed by atoms with E-state index in [1.54, 1.807) is 20.8 Å². The van der Waals surface area contributed by atoms with Crippen molar-refractivity contribution in [1.29, 1.82) is 0 Å². The number of amides is 1. The summed E-state index contributed by atoms with van der Waals surface area (Å²) < 4.78 is 61.0. The van der Waals surface area contributed by atoms with Crippen molar-refractivity contribution in [3.8, 4) is 11.6 Å². The van der Waals surface area contributed by atoms with Gasteiger partial charge in [-0.3, -0.25) is 4.79 Å². The van der Waals surface area contributed by atoms with Crippen molar-refractivity contribution in [3.63, 3.8) is 0 Å². The average Bonchev–Trinajstić information content (AvgIpc) is 3.12. The highest BCUT2D eigenvalue weighted by Gasteiger charge is 2.39. The molecule has 3 heterocycles. The van der Waals surface area contributed by atoms with Crippen LogP contribution in [0.15, 0.2) is 47.9 Å². The van der Waals surface area contributed by atoms with E-state index in [2.05, 4.69) is 16.6 Å². The second-order valence-electron chi connectivity index (χ2n) is 9.18. The van der Waals surface area contributed by atoms with E-state index in [0.29, 0.717) is 43.3 Å². The van der Waals surface area contributed by atoms with Crippen LogP contribution in [0.4, 0.5) is 8.78 Å². The molecule has 1 aromatic rings. The number of amidine groups is 1.